The highest BCUT2D eigenvalue weighted by Gasteiger charge is 2.15. The number of aryl methyl sites for hydroxylation is 1. The normalized spacial score (nSPS) is 11.1. The summed E-state index contributed by atoms with van der Waals surface area (Å²) in [4.78, 5) is 30.5. The monoisotopic (exact) mass is 596 g/mol. The number of fused-ring (bicyclic) bond motifs is 1. The second kappa shape index (κ2) is 12.0. The molecule has 5 aromatic rings. The van der Waals surface area contributed by atoms with E-state index in [1.54, 1.807) is 36.5 Å². The summed E-state index contributed by atoms with van der Waals surface area (Å²) in [6, 6.07) is 27.6. The number of carbonyl (C=O) groups is 1. The molecule has 40 heavy (non-hydrogen) atoms. The molecule has 0 aliphatic rings. The number of methoxy groups -OCH3 is 1. The van der Waals surface area contributed by atoms with Crippen molar-refractivity contribution in [2.45, 2.75) is 6.92 Å². The molecule has 4 aromatic carbocycles. The van der Waals surface area contributed by atoms with Crippen molar-refractivity contribution in [1.29, 1.82) is 0 Å². The maximum atomic E-state index is 13.4. The maximum absolute atomic E-state index is 13.4. The van der Waals surface area contributed by atoms with Crippen LogP contribution in [0.15, 0.2) is 105 Å². The van der Waals surface area contributed by atoms with Crippen molar-refractivity contribution >= 4 is 44.6 Å². The van der Waals surface area contributed by atoms with Crippen molar-refractivity contribution in [3.05, 3.63) is 117 Å². The van der Waals surface area contributed by atoms with Crippen LogP contribution in [0.5, 0.6) is 11.5 Å². The Morgan fingerprint density at radius 2 is 1.75 bits per heavy atom. The number of nitrogens with one attached hydrogen (secondary N) is 1. The van der Waals surface area contributed by atoms with Crippen molar-refractivity contribution < 1.29 is 14.3 Å². The van der Waals surface area contributed by atoms with Gasteiger partial charge in [0.25, 0.3) is 11.5 Å². The summed E-state index contributed by atoms with van der Waals surface area (Å²) in [7, 11) is 1.51. The van der Waals surface area contributed by atoms with Crippen LogP contribution in [0.3, 0.4) is 0 Å². The third-order valence-corrected chi connectivity index (χ3v) is 6.63. The van der Waals surface area contributed by atoms with E-state index in [9.17, 15) is 9.59 Å². The molecule has 1 heterocycles. The van der Waals surface area contributed by atoms with Gasteiger partial charge in [0.1, 0.15) is 0 Å². The lowest BCUT2D eigenvalue weighted by atomic mass is 10.2. The molecule has 0 bridgehead atoms. The summed E-state index contributed by atoms with van der Waals surface area (Å²) in [6.07, 6.45) is 1.55. The van der Waals surface area contributed by atoms with Crippen molar-refractivity contribution in [3.8, 4) is 22.9 Å². The van der Waals surface area contributed by atoms with E-state index in [4.69, 9.17) is 14.5 Å². The zero-order chi connectivity index (χ0) is 28.1. The first-order valence-corrected chi connectivity index (χ1v) is 13.2. The van der Waals surface area contributed by atoms with Crippen LogP contribution in [0.25, 0.3) is 22.3 Å². The van der Waals surface area contributed by atoms with Crippen molar-refractivity contribution in [1.82, 2.24) is 9.66 Å². The molecule has 0 saturated carbocycles. The molecule has 0 aliphatic carbocycles. The van der Waals surface area contributed by atoms with Crippen LogP contribution in [0.1, 0.15) is 11.1 Å². The first-order chi connectivity index (χ1) is 19.4. The zero-order valence-corrected chi connectivity index (χ0v) is 23.4. The van der Waals surface area contributed by atoms with Gasteiger partial charge in [0.15, 0.2) is 23.9 Å². The largest absolute Gasteiger partial charge is 0.493 e. The predicted octanol–water partition coefficient (Wildman–Crippen LogP) is 6.04. The van der Waals surface area contributed by atoms with E-state index in [0.717, 1.165) is 11.1 Å². The third kappa shape index (κ3) is 5.94. The lowest BCUT2D eigenvalue weighted by Gasteiger charge is -2.14. The van der Waals surface area contributed by atoms with E-state index in [1.165, 1.54) is 11.8 Å². The minimum absolute atomic E-state index is 0.213. The smallest absolute Gasteiger partial charge is 0.282 e. The van der Waals surface area contributed by atoms with E-state index in [2.05, 4.69) is 26.3 Å². The van der Waals surface area contributed by atoms with Gasteiger partial charge in [-0.05, 0) is 64.8 Å². The minimum atomic E-state index is -0.305. The molecule has 1 N–H and O–H groups in total. The summed E-state index contributed by atoms with van der Waals surface area (Å²) in [6.45, 7) is 1.76. The Balaban J connectivity index is 1.42. The molecular formula is C31H25BrN4O4. The number of ether oxygens (including phenoxy) is 2. The van der Waals surface area contributed by atoms with Crippen LogP contribution in [0, 0.1) is 6.92 Å². The number of halogens is 1. The first kappa shape index (κ1) is 26.8. The lowest BCUT2D eigenvalue weighted by molar-refractivity contribution is -0.118. The quantitative estimate of drug-likeness (QED) is 0.220. The van der Waals surface area contributed by atoms with E-state index in [-0.39, 0.29) is 18.1 Å². The summed E-state index contributed by atoms with van der Waals surface area (Å²) >= 11 is 3.51. The van der Waals surface area contributed by atoms with Crippen molar-refractivity contribution in [3.63, 3.8) is 0 Å². The standard InChI is InChI=1S/C31H25BrN4O4/c1-20-12-14-23(15-13-20)34-28(37)19-40-29-25(32)16-21(17-27(29)39-2)18-33-36-30(22-8-4-3-5-9-22)35-26-11-7-6-10-24(26)31(36)38/h3-18H,19H2,1-2H3,(H,34,37). The summed E-state index contributed by atoms with van der Waals surface area (Å²) in [5.74, 6) is 0.880. The fourth-order valence-corrected chi connectivity index (χ4v) is 4.63. The molecule has 1 amide bonds. The van der Waals surface area contributed by atoms with Crippen LogP contribution >= 0.6 is 15.9 Å². The van der Waals surface area contributed by atoms with Gasteiger partial charge in [-0.2, -0.15) is 9.78 Å². The molecule has 200 valence electrons. The number of hydrogen-bond donors (Lipinski definition) is 1. The van der Waals surface area contributed by atoms with Gasteiger partial charge in [-0.1, -0.05) is 60.2 Å². The number of anilines is 1. The molecule has 0 spiro atoms. The number of benzene rings is 4. The van der Waals surface area contributed by atoms with Gasteiger partial charge < -0.3 is 14.8 Å². The minimum Gasteiger partial charge on any atom is -0.493 e. The molecule has 0 atom stereocenters. The number of hydrogen-bond acceptors (Lipinski definition) is 6. The zero-order valence-electron chi connectivity index (χ0n) is 21.8. The summed E-state index contributed by atoms with van der Waals surface area (Å²) in [5.41, 5.74) is 3.49. The molecular weight excluding hydrogens is 572 g/mol. The average Bonchev–Trinajstić information content (AvgIpc) is 2.97. The van der Waals surface area contributed by atoms with E-state index < -0.39 is 0 Å². The number of rotatable bonds is 8. The highest BCUT2D eigenvalue weighted by atomic mass is 79.9. The number of para-hydroxylation sites is 1. The SMILES string of the molecule is COc1cc(C=Nn2c(-c3ccccc3)nc3ccccc3c2=O)cc(Br)c1OCC(=O)Nc1ccc(C)cc1. The third-order valence-electron chi connectivity index (χ3n) is 6.04. The fraction of sp³-hybridized carbons (Fsp3) is 0.0968. The van der Waals surface area contributed by atoms with Crippen LogP contribution in [-0.4, -0.2) is 35.5 Å². The second-order valence-corrected chi connectivity index (χ2v) is 9.77. The number of amides is 1. The molecule has 0 fully saturated rings. The van der Waals surface area contributed by atoms with Crippen LogP contribution in [0.4, 0.5) is 5.69 Å². The van der Waals surface area contributed by atoms with Gasteiger partial charge in [-0.3, -0.25) is 9.59 Å². The van der Waals surface area contributed by atoms with Gasteiger partial charge >= 0.3 is 0 Å². The molecule has 5 rings (SSSR count). The Hall–Kier alpha value is -4.76. The Labute approximate surface area is 239 Å². The average molecular weight is 597 g/mol. The molecule has 9 heteroatoms. The first-order valence-electron chi connectivity index (χ1n) is 12.4. The molecule has 0 radical (unpaired) electrons. The van der Waals surface area contributed by atoms with E-state index >= 15 is 0 Å². The Morgan fingerprint density at radius 3 is 2.50 bits per heavy atom. The fourth-order valence-electron chi connectivity index (χ4n) is 4.06. The molecule has 1 aromatic heterocycles. The lowest BCUT2D eigenvalue weighted by Crippen LogP contribution is -2.20. The van der Waals surface area contributed by atoms with Crippen molar-refractivity contribution in [2.24, 2.45) is 5.10 Å². The van der Waals surface area contributed by atoms with E-state index in [1.807, 2.05) is 67.6 Å². The summed E-state index contributed by atoms with van der Waals surface area (Å²) in [5, 5.41) is 7.78. The Morgan fingerprint density at radius 1 is 1.02 bits per heavy atom. The molecule has 8 nitrogen and oxygen atoms in total. The van der Waals surface area contributed by atoms with Gasteiger partial charge in [0, 0.05) is 11.3 Å². The predicted molar refractivity (Wildman–Crippen MR) is 160 cm³/mol. The Bertz CT molecular complexity index is 1770. The Kier molecular flexibility index (Phi) is 8.02. The van der Waals surface area contributed by atoms with Crippen LogP contribution in [-0.2, 0) is 4.79 Å². The highest BCUT2D eigenvalue weighted by Crippen LogP contribution is 2.36. The topological polar surface area (TPSA) is 94.8 Å². The maximum Gasteiger partial charge on any atom is 0.282 e. The highest BCUT2D eigenvalue weighted by molar-refractivity contribution is 9.10. The van der Waals surface area contributed by atoms with Gasteiger partial charge in [-0.15, -0.1) is 0 Å². The van der Waals surface area contributed by atoms with Gasteiger partial charge in [-0.25, -0.2) is 4.98 Å². The number of aromatic nitrogens is 2. The van der Waals surface area contributed by atoms with Crippen LogP contribution < -0.4 is 20.3 Å². The van der Waals surface area contributed by atoms with Gasteiger partial charge in [0.2, 0.25) is 0 Å². The second-order valence-electron chi connectivity index (χ2n) is 8.92. The van der Waals surface area contributed by atoms with E-state index in [0.29, 0.717) is 43.9 Å². The number of nitrogens with zero attached hydrogens (tertiary/aromatic N) is 3. The molecule has 0 saturated heterocycles. The molecule has 0 unspecified atom stereocenters. The number of carbonyl (C=O) groups excluding carboxylic acids is 1. The van der Waals surface area contributed by atoms with Crippen LogP contribution in [0.2, 0.25) is 0 Å². The molecule has 0 aliphatic heterocycles. The van der Waals surface area contributed by atoms with Crippen molar-refractivity contribution in [2.75, 3.05) is 19.0 Å². The van der Waals surface area contributed by atoms with Gasteiger partial charge in [0.05, 0.1) is 28.7 Å². The summed E-state index contributed by atoms with van der Waals surface area (Å²) < 4.78 is 13.2.